The monoisotopic (exact) mass is 575 g/mol. The molecule has 2 aromatic carbocycles. The number of piperidine rings is 1. The first-order valence-corrected chi connectivity index (χ1v) is 13.1. The number of allylic oxidation sites excluding steroid dienone is 1. The van der Waals surface area contributed by atoms with Crippen LogP contribution in [0.2, 0.25) is 0 Å². The summed E-state index contributed by atoms with van der Waals surface area (Å²) in [5.41, 5.74) is -2.28. The lowest BCUT2D eigenvalue weighted by Gasteiger charge is -2.35. The molecule has 0 aromatic heterocycles. The number of rotatable bonds is 9. The van der Waals surface area contributed by atoms with Crippen molar-refractivity contribution >= 4 is 23.5 Å². The Morgan fingerprint density at radius 3 is 2.39 bits per heavy atom. The number of halogens is 3. The first-order valence-electron chi connectivity index (χ1n) is 13.1. The van der Waals surface area contributed by atoms with Gasteiger partial charge in [-0.2, -0.15) is 13.2 Å². The molecule has 3 N–H and O–H groups in total. The molecule has 41 heavy (non-hydrogen) atoms. The van der Waals surface area contributed by atoms with E-state index in [1.54, 1.807) is 61.2 Å². The Labute approximate surface area is 235 Å². The minimum atomic E-state index is -4.78. The lowest BCUT2D eigenvalue weighted by Crippen LogP contribution is -2.49. The number of hydrogen-bond acceptors (Lipinski definition) is 6. The number of aliphatic carboxylic acids is 1. The van der Waals surface area contributed by atoms with Gasteiger partial charge in [0.05, 0.1) is 13.0 Å². The van der Waals surface area contributed by atoms with Crippen molar-refractivity contribution in [1.82, 2.24) is 10.2 Å². The number of amides is 2. The molecule has 1 saturated heterocycles. The number of ether oxygens (including phenoxy) is 2. The van der Waals surface area contributed by atoms with Crippen LogP contribution in [0.4, 0.5) is 18.9 Å². The zero-order valence-corrected chi connectivity index (χ0v) is 22.7. The van der Waals surface area contributed by atoms with Gasteiger partial charge >= 0.3 is 12.1 Å². The first-order chi connectivity index (χ1) is 19.3. The van der Waals surface area contributed by atoms with Gasteiger partial charge in [0, 0.05) is 30.4 Å². The molecule has 0 saturated carbocycles. The Kier molecular flexibility index (Phi) is 8.50. The maximum absolute atomic E-state index is 13.3. The third-order valence-electron chi connectivity index (χ3n) is 6.85. The number of nitrogens with one attached hydrogen (secondary N) is 2. The number of alkyl halides is 3. The minimum absolute atomic E-state index is 0.107. The lowest BCUT2D eigenvalue weighted by atomic mass is 9.85. The molecular formula is C29H32F3N3O6. The van der Waals surface area contributed by atoms with Gasteiger partial charge in [0.15, 0.2) is 0 Å². The van der Waals surface area contributed by atoms with E-state index in [0.29, 0.717) is 30.7 Å². The molecule has 0 spiro atoms. The van der Waals surface area contributed by atoms with Gasteiger partial charge in [-0.3, -0.25) is 14.4 Å². The largest absolute Gasteiger partial charge is 0.489 e. The number of benzene rings is 2. The van der Waals surface area contributed by atoms with E-state index in [9.17, 15) is 27.6 Å². The molecule has 2 atom stereocenters. The average Bonchev–Trinajstić information content (AvgIpc) is 3.37. The second kappa shape index (κ2) is 11.7. The van der Waals surface area contributed by atoms with Crippen molar-refractivity contribution in [3.05, 3.63) is 72.1 Å². The fourth-order valence-corrected chi connectivity index (χ4v) is 4.87. The third kappa shape index (κ3) is 7.30. The van der Waals surface area contributed by atoms with Gasteiger partial charge in [0.2, 0.25) is 11.7 Å². The fraction of sp³-hybridized carbons (Fsp3) is 0.414. The highest BCUT2D eigenvalue weighted by Crippen LogP contribution is 2.39. The highest BCUT2D eigenvalue weighted by atomic mass is 19.4. The van der Waals surface area contributed by atoms with E-state index in [1.165, 1.54) is 12.1 Å². The van der Waals surface area contributed by atoms with Gasteiger partial charge in [-0.15, -0.1) is 0 Å². The molecule has 9 nitrogen and oxygen atoms in total. The van der Waals surface area contributed by atoms with Crippen LogP contribution in [0.1, 0.15) is 45.1 Å². The number of anilines is 1. The van der Waals surface area contributed by atoms with Gasteiger partial charge in [0.25, 0.3) is 11.6 Å². The van der Waals surface area contributed by atoms with Gasteiger partial charge in [-0.05, 0) is 42.5 Å². The highest BCUT2D eigenvalue weighted by Gasteiger charge is 2.52. The summed E-state index contributed by atoms with van der Waals surface area (Å²) in [5.74, 6) is -2.75. The summed E-state index contributed by atoms with van der Waals surface area (Å²) in [4.78, 5) is 38.9. The van der Waals surface area contributed by atoms with E-state index < -0.39 is 35.0 Å². The number of carboxylic acids is 1. The summed E-state index contributed by atoms with van der Waals surface area (Å²) >= 11 is 0. The van der Waals surface area contributed by atoms with E-state index >= 15 is 0 Å². The fourth-order valence-electron chi connectivity index (χ4n) is 4.87. The van der Waals surface area contributed by atoms with Crippen LogP contribution in [0.3, 0.4) is 0 Å². The highest BCUT2D eigenvalue weighted by molar-refractivity contribution is 5.98. The molecular weight excluding hydrogens is 543 g/mol. The van der Waals surface area contributed by atoms with Crippen molar-refractivity contribution in [3.8, 4) is 5.75 Å². The number of carboxylic acid groups (broad SMARTS) is 1. The first kappa shape index (κ1) is 29.8. The summed E-state index contributed by atoms with van der Waals surface area (Å²) in [6, 6.07) is 14.2. The molecule has 12 heteroatoms. The van der Waals surface area contributed by atoms with E-state index in [4.69, 9.17) is 14.6 Å². The van der Waals surface area contributed by atoms with Crippen molar-refractivity contribution in [1.29, 1.82) is 0 Å². The molecule has 0 bridgehead atoms. The smallest absolute Gasteiger partial charge is 0.450 e. The number of nitrogens with zero attached hydrogens (tertiary/aromatic N) is 1. The Balaban J connectivity index is 1.38. The van der Waals surface area contributed by atoms with Gasteiger partial charge in [-0.25, -0.2) is 0 Å². The van der Waals surface area contributed by atoms with Crippen LogP contribution in [0.15, 0.2) is 66.6 Å². The summed E-state index contributed by atoms with van der Waals surface area (Å²) in [5, 5.41) is 14.2. The molecule has 2 aliphatic heterocycles. The predicted octanol–water partition coefficient (Wildman–Crippen LogP) is 4.76. The number of carbonyl (C=O) groups excluding carboxylic acids is 2. The van der Waals surface area contributed by atoms with E-state index in [1.807, 2.05) is 0 Å². The van der Waals surface area contributed by atoms with E-state index in [-0.39, 0.29) is 30.4 Å². The molecule has 2 aromatic rings. The maximum Gasteiger partial charge on any atom is 0.450 e. The summed E-state index contributed by atoms with van der Waals surface area (Å²) in [7, 11) is 0. The molecule has 0 aliphatic carbocycles. The minimum Gasteiger partial charge on any atom is -0.489 e. The van der Waals surface area contributed by atoms with Crippen LogP contribution in [0.25, 0.3) is 0 Å². The van der Waals surface area contributed by atoms with Crippen LogP contribution in [0, 0.1) is 5.41 Å². The quantitative estimate of drug-likeness (QED) is 0.395. The summed E-state index contributed by atoms with van der Waals surface area (Å²) in [6.07, 6.45) is -2.97. The lowest BCUT2D eigenvalue weighted by molar-refractivity contribution is -0.163. The van der Waals surface area contributed by atoms with E-state index in [2.05, 4.69) is 10.6 Å². The summed E-state index contributed by atoms with van der Waals surface area (Å²) < 4.78 is 51.2. The van der Waals surface area contributed by atoms with E-state index in [0.717, 1.165) is 12.8 Å². The Bertz CT molecular complexity index is 1300. The zero-order chi connectivity index (χ0) is 29.8. The van der Waals surface area contributed by atoms with Crippen LogP contribution in [-0.4, -0.2) is 53.2 Å². The van der Waals surface area contributed by atoms with Crippen molar-refractivity contribution in [2.24, 2.45) is 5.41 Å². The normalized spacial score (nSPS) is 20.9. The molecule has 2 unspecified atom stereocenters. The maximum atomic E-state index is 13.3. The third-order valence-corrected chi connectivity index (χ3v) is 6.85. The average molecular weight is 576 g/mol. The summed E-state index contributed by atoms with van der Waals surface area (Å²) in [6.45, 7) is 4.42. The number of carbonyl (C=O) groups is 3. The molecule has 2 heterocycles. The van der Waals surface area contributed by atoms with Crippen molar-refractivity contribution in [2.75, 3.05) is 18.4 Å². The molecule has 4 rings (SSSR count). The van der Waals surface area contributed by atoms with Gasteiger partial charge < -0.3 is 30.1 Å². The standard InChI is InChI=1S/C29H32F3N3O6/c1-27(2,16-25(37)38)15-24(36)35-14-6-9-22(18-35)40-21-12-10-20(11-13-21)34-26(39)28(19-7-4-3-5-8-19)33-17-23(41-28)29(30,31)32/h3-5,7-8,10-13,17,22,33H,6,9,14-16,18H2,1-2H3,(H,34,39)(H,37,38). The van der Waals surface area contributed by atoms with Crippen LogP contribution in [0.5, 0.6) is 5.75 Å². The van der Waals surface area contributed by atoms with Crippen molar-refractivity contribution in [2.45, 2.75) is 57.5 Å². The molecule has 0 radical (unpaired) electrons. The second-order valence-corrected chi connectivity index (χ2v) is 10.9. The topological polar surface area (TPSA) is 117 Å². The van der Waals surface area contributed by atoms with Crippen molar-refractivity contribution < 1.29 is 42.1 Å². The Morgan fingerprint density at radius 1 is 1.10 bits per heavy atom. The molecule has 2 aliphatic rings. The van der Waals surface area contributed by atoms with Crippen LogP contribution in [-0.2, 0) is 24.8 Å². The van der Waals surface area contributed by atoms with Gasteiger partial charge in [-0.1, -0.05) is 44.2 Å². The molecule has 1 fully saturated rings. The molecule has 2 amide bonds. The van der Waals surface area contributed by atoms with Crippen LogP contribution < -0.4 is 15.4 Å². The zero-order valence-electron chi connectivity index (χ0n) is 22.7. The Morgan fingerprint density at radius 2 is 1.78 bits per heavy atom. The predicted molar refractivity (Wildman–Crippen MR) is 142 cm³/mol. The number of hydrogen-bond donors (Lipinski definition) is 3. The molecule has 220 valence electrons. The number of likely N-dealkylation sites (tertiary alicyclic amines) is 1. The second-order valence-electron chi connectivity index (χ2n) is 10.9. The van der Waals surface area contributed by atoms with Crippen LogP contribution >= 0.6 is 0 Å². The Hall–Kier alpha value is -4.22. The van der Waals surface area contributed by atoms with Crippen molar-refractivity contribution in [3.63, 3.8) is 0 Å². The van der Waals surface area contributed by atoms with Gasteiger partial charge in [0.1, 0.15) is 11.9 Å². The SMILES string of the molecule is CC(C)(CC(=O)O)CC(=O)N1CCCC(Oc2ccc(NC(=O)C3(c4ccccc4)NC=C(C(F)(F)F)O3)cc2)C1.